The van der Waals surface area contributed by atoms with Gasteiger partial charge >= 0.3 is 0 Å². The normalized spacial score (nSPS) is 16.6. The number of rotatable bonds is 4. The minimum absolute atomic E-state index is 0.0111. The van der Waals surface area contributed by atoms with Crippen molar-refractivity contribution < 1.29 is 9.18 Å². The van der Waals surface area contributed by atoms with E-state index in [-0.39, 0.29) is 17.6 Å². The summed E-state index contributed by atoms with van der Waals surface area (Å²) in [5.41, 5.74) is 1.21. The molecule has 0 N–H and O–H groups in total. The third-order valence-electron chi connectivity index (χ3n) is 5.41. The topological polar surface area (TPSA) is 63.9 Å². The van der Waals surface area contributed by atoms with Gasteiger partial charge in [0.05, 0.1) is 5.69 Å². The van der Waals surface area contributed by atoms with Crippen molar-refractivity contribution >= 4 is 28.6 Å². The van der Waals surface area contributed by atoms with E-state index in [0.29, 0.717) is 28.5 Å². The maximum absolute atomic E-state index is 14.1. The summed E-state index contributed by atoms with van der Waals surface area (Å²) in [6, 6.07) is 10.5. The number of nitrogens with zero attached hydrogens (tertiary/aromatic N) is 5. The Morgan fingerprint density at radius 3 is 2.74 bits per heavy atom. The number of piperidine rings is 1. The molecule has 0 spiro atoms. The number of carbonyl (C=O) groups is 1. The van der Waals surface area contributed by atoms with Gasteiger partial charge in [0.1, 0.15) is 15.7 Å². The Labute approximate surface area is 187 Å². The van der Waals surface area contributed by atoms with Gasteiger partial charge in [-0.1, -0.05) is 34.8 Å². The van der Waals surface area contributed by atoms with E-state index >= 15 is 0 Å². The Bertz CT molecular complexity index is 1220. The van der Waals surface area contributed by atoms with Crippen LogP contribution in [0, 0.1) is 12.7 Å². The molecule has 4 aromatic rings. The summed E-state index contributed by atoms with van der Waals surface area (Å²) in [4.78, 5) is 20.4. The highest BCUT2D eigenvalue weighted by Gasteiger charge is 2.30. The van der Waals surface area contributed by atoms with Crippen LogP contribution in [-0.2, 0) is 0 Å². The second-order valence-corrected chi connectivity index (χ2v) is 9.50. The van der Waals surface area contributed by atoms with E-state index in [0.717, 1.165) is 28.7 Å². The Kier molecular flexibility index (Phi) is 5.37. The highest BCUT2D eigenvalue weighted by Crippen LogP contribution is 2.34. The molecule has 5 rings (SSSR count). The van der Waals surface area contributed by atoms with Crippen molar-refractivity contribution in [1.29, 1.82) is 0 Å². The molecule has 31 heavy (non-hydrogen) atoms. The largest absolute Gasteiger partial charge is 0.337 e. The highest BCUT2D eigenvalue weighted by atomic mass is 32.1. The van der Waals surface area contributed by atoms with Gasteiger partial charge in [0.25, 0.3) is 5.91 Å². The van der Waals surface area contributed by atoms with E-state index in [4.69, 9.17) is 0 Å². The van der Waals surface area contributed by atoms with Gasteiger partial charge in [0, 0.05) is 37.0 Å². The van der Waals surface area contributed by atoms with E-state index in [1.165, 1.54) is 28.7 Å². The number of amides is 1. The van der Waals surface area contributed by atoms with Gasteiger partial charge < -0.3 is 9.47 Å². The van der Waals surface area contributed by atoms with Gasteiger partial charge in [0.2, 0.25) is 0 Å². The van der Waals surface area contributed by atoms with E-state index < -0.39 is 0 Å². The lowest BCUT2D eigenvalue weighted by atomic mass is 9.98. The predicted molar refractivity (Wildman–Crippen MR) is 119 cm³/mol. The average Bonchev–Trinajstić information content (AvgIpc) is 3.54. The SMILES string of the molecule is Cc1nc(-n2cccc2)sc1C(=O)N1CCC[C@H](c2nnc(-c3ccccc3F)s2)C1. The molecule has 4 heterocycles. The molecular weight excluding hydrogens is 433 g/mol. The number of benzene rings is 1. The molecule has 0 bridgehead atoms. The first-order chi connectivity index (χ1) is 15.1. The molecule has 0 unspecified atom stereocenters. The van der Waals surface area contributed by atoms with Crippen molar-refractivity contribution in [2.45, 2.75) is 25.7 Å². The van der Waals surface area contributed by atoms with Gasteiger partial charge in [-0.05, 0) is 44.0 Å². The minimum Gasteiger partial charge on any atom is -0.337 e. The third-order valence-corrected chi connectivity index (χ3v) is 7.69. The molecule has 9 heteroatoms. The first-order valence-electron chi connectivity index (χ1n) is 10.1. The molecule has 3 aromatic heterocycles. The summed E-state index contributed by atoms with van der Waals surface area (Å²) < 4.78 is 16.0. The van der Waals surface area contributed by atoms with Gasteiger partial charge in [-0.2, -0.15) is 0 Å². The molecule has 0 aliphatic carbocycles. The molecule has 1 atom stereocenters. The molecule has 0 radical (unpaired) electrons. The summed E-state index contributed by atoms with van der Waals surface area (Å²) in [5, 5.41) is 10.8. The van der Waals surface area contributed by atoms with Crippen molar-refractivity contribution in [1.82, 2.24) is 24.6 Å². The highest BCUT2D eigenvalue weighted by molar-refractivity contribution is 7.16. The van der Waals surface area contributed by atoms with Crippen LogP contribution >= 0.6 is 22.7 Å². The van der Waals surface area contributed by atoms with Gasteiger partial charge in [-0.25, -0.2) is 9.37 Å². The van der Waals surface area contributed by atoms with E-state index in [9.17, 15) is 9.18 Å². The number of halogens is 1. The van der Waals surface area contributed by atoms with E-state index in [1.54, 1.807) is 18.2 Å². The number of thiazole rings is 1. The minimum atomic E-state index is -0.301. The number of aromatic nitrogens is 4. The van der Waals surface area contributed by atoms with Crippen LogP contribution in [-0.4, -0.2) is 43.6 Å². The Morgan fingerprint density at radius 2 is 1.94 bits per heavy atom. The molecule has 1 fully saturated rings. The van der Waals surface area contributed by atoms with E-state index in [2.05, 4.69) is 15.2 Å². The van der Waals surface area contributed by atoms with Crippen LogP contribution < -0.4 is 0 Å². The van der Waals surface area contributed by atoms with Crippen LogP contribution in [0.4, 0.5) is 4.39 Å². The fourth-order valence-electron chi connectivity index (χ4n) is 3.80. The van der Waals surface area contributed by atoms with Crippen LogP contribution in [0.1, 0.15) is 39.1 Å². The van der Waals surface area contributed by atoms with E-state index in [1.807, 2.05) is 40.9 Å². The maximum atomic E-state index is 14.1. The summed E-state index contributed by atoms with van der Waals surface area (Å²) >= 11 is 2.82. The zero-order valence-corrected chi connectivity index (χ0v) is 18.5. The Balaban J connectivity index is 1.34. The van der Waals surface area contributed by atoms with Crippen LogP contribution in [0.5, 0.6) is 0 Å². The van der Waals surface area contributed by atoms with Crippen molar-refractivity contribution in [2.75, 3.05) is 13.1 Å². The van der Waals surface area contributed by atoms with Crippen LogP contribution in [0.15, 0.2) is 48.8 Å². The summed E-state index contributed by atoms with van der Waals surface area (Å²) in [6.45, 7) is 3.18. The third kappa shape index (κ3) is 3.90. The van der Waals surface area contributed by atoms with Crippen LogP contribution in [0.3, 0.4) is 0 Å². The van der Waals surface area contributed by atoms with Gasteiger partial charge in [0.15, 0.2) is 10.1 Å². The molecule has 1 amide bonds. The molecule has 6 nitrogen and oxygen atoms in total. The number of aryl methyl sites for hydroxylation is 1. The summed E-state index contributed by atoms with van der Waals surface area (Å²) in [6.07, 6.45) is 5.68. The molecule has 0 saturated carbocycles. The van der Waals surface area contributed by atoms with Gasteiger partial charge in [-0.15, -0.1) is 10.2 Å². The number of hydrogen-bond donors (Lipinski definition) is 0. The van der Waals surface area contributed by atoms with Gasteiger partial charge in [-0.3, -0.25) is 4.79 Å². The van der Waals surface area contributed by atoms with Crippen molar-refractivity contribution in [2.24, 2.45) is 0 Å². The lowest BCUT2D eigenvalue weighted by Gasteiger charge is -2.31. The second kappa shape index (κ2) is 8.32. The summed E-state index contributed by atoms with van der Waals surface area (Å²) in [7, 11) is 0. The molecule has 1 saturated heterocycles. The monoisotopic (exact) mass is 453 g/mol. The lowest BCUT2D eigenvalue weighted by molar-refractivity contribution is 0.0711. The zero-order chi connectivity index (χ0) is 21.4. The van der Waals surface area contributed by atoms with Crippen LogP contribution in [0.25, 0.3) is 15.7 Å². The molecule has 1 aliphatic heterocycles. The van der Waals surface area contributed by atoms with Crippen molar-refractivity contribution in [3.05, 3.63) is 70.2 Å². The fraction of sp³-hybridized carbons (Fsp3) is 0.273. The molecule has 1 aliphatic rings. The second-order valence-electron chi connectivity index (χ2n) is 7.52. The quantitative estimate of drug-likeness (QED) is 0.440. The van der Waals surface area contributed by atoms with Crippen molar-refractivity contribution in [3.8, 4) is 15.7 Å². The first kappa shape index (κ1) is 20.0. The average molecular weight is 454 g/mol. The molecule has 1 aromatic carbocycles. The molecule has 158 valence electrons. The molecular formula is C22H20FN5OS2. The maximum Gasteiger partial charge on any atom is 0.265 e. The smallest absolute Gasteiger partial charge is 0.265 e. The lowest BCUT2D eigenvalue weighted by Crippen LogP contribution is -2.39. The Morgan fingerprint density at radius 1 is 1.13 bits per heavy atom. The zero-order valence-electron chi connectivity index (χ0n) is 16.9. The number of carbonyl (C=O) groups excluding carboxylic acids is 1. The Hall–Kier alpha value is -2.91. The first-order valence-corrected chi connectivity index (χ1v) is 11.7. The summed E-state index contributed by atoms with van der Waals surface area (Å²) in [5.74, 6) is -0.186. The number of hydrogen-bond acceptors (Lipinski definition) is 6. The standard InChI is InChI=1S/C22H20FN5OS2/c1-14-18(30-22(24-14)27-10-4-5-11-27)21(29)28-12-6-7-15(13-28)19-25-26-20(31-19)16-8-2-3-9-17(16)23/h2-5,8-11,15H,6-7,12-13H2,1H3/t15-/m0/s1. The van der Waals surface area contributed by atoms with Crippen LogP contribution in [0.2, 0.25) is 0 Å². The van der Waals surface area contributed by atoms with Crippen molar-refractivity contribution in [3.63, 3.8) is 0 Å². The fourth-order valence-corrected chi connectivity index (χ4v) is 5.80. The number of likely N-dealkylation sites (tertiary alicyclic amines) is 1. The predicted octanol–water partition coefficient (Wildman–Crippen LogP) is 4.92.